The molecule has 188 valence electrons. The Kier molecular flexibility index (Phi) is 8.29. The second-order valence-corrected chi connectivity index (χ2v) is 10.1. The van der Waals surface area contributed by atoms with Gasteiger partial charge in [0.2, 0.25) is 5.91 Å². The van der Waals surface area contributed by atoms with E-state index in [0.29, 0.717) is 36.1 Å². The van der Waals surface area contributed by atoms with Crippen LogP contribution in [0.4, 0.5) is 10.1 Å². The number of amides is 2. The lowest BCUT2D eigenvalue weighted by Crippen LogP contribution is -2.58. The first-order valence-corrected chi connectivity index (χ1v) is 12.7. The van der Waals surface area contributed by atoms with Crippen molar-refractivity contribution in [3.8, 4) is 5.75 Å². The molecule has 1 N–H and O–H groups in total. The Bertz CT molecular complexity index is 1040. The molecule has 4 rings (SSSR count). The van der Waals surface area contributed by atoms with Gasteiger partial charge in [-0.2, -0.15) is 0 Å². The van der Waals surface area contributed by atoms with Crippen LogP contribution in [-0.2, 0) is 16.1 Å². The largest absolute Gasteiger partial charge is 0.482 e. The number of carbonyl (C=O) groups excluding carboxylic acids is 2. The summed E-state index contributed by atoms with van der Waals surface area (Å²) in [5.74, 6) is 0.0729. The molecule has 6 nitrogen and oxygen atoms in total. The molecule has 2 aromatic carbocycles. The maximum absolute atomic E-state index is 13.2. The predicted octanol–water partition coefficient (Wildman–Crippen LogP) is 5.11. The zero-order chi connectivity index (χ0) is 24.9. The number of piperazine rings is 1. The first-order chi connectivity index (χ1) is 16.8. The standard InChI is InChI=1S/C27H33ClFN3O3/c1-18-15-32(19(2)14-31(18)16-20-7-10-23(29)11-8-20)26(33)17-35-25-12-9-22(28)13-24(25)30-27(34)21-5-3-4-6-21/h7-13,18-19,21H,3-6,14-17H2,1-2H3,(H,30,34). The van der Waals surface area contributed by atoms with Crippen LogP contribution in [0.25, 0.3) is 0 Å². The molecule has 2 atom stereocenters. The molecule has 0 radical (unpaired) electrons. The number of halogens is 2. The lowest BCUT2D eigenvalue weighted by molar-refractivity contribution is -0.139. The average molecular weight is 502 g/mol. The van der Waals surface area contributed by atoms with Crippen molar-refractivity contribution in [2.75, 3.05) is 25.0 Å². The Morgan fingerprint density at radius 3 is 2.49 bits per heavy atom. The Balaban J connectivity index is 1.34. The highest BCUT2D eigenvalue weighted by Gasteiger charge is 2.32. The Morgan fingerprint density at radius 2 is 1.77 bits per heavy atom. The van der Waals surface area contributed by atoms with E-state index in [1.807, 2.05) is 11.8 Å². The van der Waals surface area contributed by atoms with Gasteiger partial charge in [0.15, 0.2) is 6.61 Å². The van der Waals surface area contributed by atoms with Gasteiger partial charge in [-0.3, -0.25) is 14.5 Å². The fourth-order valence-corrected chi connectivity index (χ4v) is 5.13. The second-order valence-electron chi connectivity index (χ2n) is 9.70. The van der Waals surface area contributed by atoms with Gasteiger partial charge in [-0.1, -0.05) is 36.6 Å². The maximum atomic E-state index is 13.2. The Hall–Kier alpha value is -2.64. The van der Waals surface area contributed by atoms with Gasteiger partial charge in [-0.15, -0.1) is 0 Å². The molecular formula is C27H33ClFN3O3. The molecule has 0 bridgehead atoms. The summed E-state index contributed by atoms with van der Waals surface area (Å²) in [5, 5.41) is 3.43. The Morgan fingerprint density at radius 1 is 1.06 bits per heavy atom. The van der Waals surface area contributed by atoms with Crippen molar-refractivity contribution < 1.29 is 18.7 Å². The maximum Gasteiger partial charge on any atom is 0.260 e. The van der Waals surface area contributed by atoms with Gasteiger partial charge in [-0.25, -0.2) is 4.39 Å². The van der Waals surface area contributed by atoms with Crippen molar-refractivity contribution in [3.63, 3.8) is 0 Å². The van der Waals surface area contributed by atoms with Gasteiger partial charge in [0.25, 0.3) is 5.91 Å². The van der Waals surface area contributed by atoms with E-state index in [0.717, 1.165) is 31.2 Å². The van der Waals surface area contributed by atoms with Gasteiger partial charge in [0.1, 0.15) is 11.6 Å². The number of anilines is 1. The number of rotatable bonds is 7. The minimum atomic E-state index is -0.243. The lowest BCUT2D eigenvalue weighted by Gasteiger charge is -2.44. The molecule has 2 unspecified atom stereocenters. The average Bonchev–Trinajstić information content (AvgIpc) is 3.37. The molecule has 0 spiro atoms. The summed E-state index contributed by atoms with van der Waals surface area (Å²) in [4.78, 5) is 29.8. The van der Waals surface area contributed by atoms with E-state index >= 15 is 0 Å². The van der Waals surface area contributed by atoms with Crippen LogP contribution in [0.1, 0.15) is 45.1 Å². The fraction of sp³-hybridized carbons (Fsp3) is 0.481. The summed E-state index contributed by atoms with van der Waals surface area (Å²) in [6, 6.07) is 11.7. The molecule has 1 heterocycles. The molecule has 1 saturated heterocycles. The third-order valence-corrected chi connectivity index (χ3v) is 7.25. The highest BCUT2D eigenvalue weighted by Crippen LogP contribution is 2.31. The van der Waals surface area contributed by atoms with Crippen molar-refractivity contribution in [1.29, 1.82) is 0 Å². The third kappa shape index (κ3) is 6.53. The first kappa shape index (κ1) is 25.5. The molecule has 1 saturated carbocycles. The van der Waals surface area contributed by atoms with E-state index < -0.39 is 0 Å². The number of benzene rings is 2. The van der Waals surface area contributed by atoms with Crippen LogP contribution in [0.2, 0.25) is 5.02 Å². The quantitative estimate of drug-likeness (QED) is 0.573. The zero-order valence-corrected chi connectivity index (χ0v) is 21.1. The second kappa shape index (κ2) is 11.4. The molecule has 8 heteroatoms. The summed E-state index contributed by atoms with van der Waals surface area (Å²) in [6.45, 7) is 6.00. The monoisotopic (exact) mass is 501 g/mol. The number of nitrogens with one attached hydrogen (secondary N) is 1. The minimum Gasteiger partial charge on any atom is -0.482 e. The highest BCUT2D eigenvalue weighted by atomic mass is 35.5. The molecule has 2 fully saturated rings. The molecular weight excluding hydrogens is 469 g/mol. The number of hydrogen-bond acceptors (Lipinski definition) is 4. The van der Waals surface area contributed by atoms with Crippen molar-refractivity contribution in [2.45, 2.75) is 58.2 Å². The smallest absolute Gasteiger partial charge is 0.260 e. The van der Waals surface area contributed by atoms with Gasteiger partial charge in [-0.05, 0) is 62.6 Å². The van der Waals surface area contributed by atoms with Crippen molar-refractivity contribution >= 4 is 29.1 Å². The third-order valence-electron chi connectivity index (χ3n) is 7.01. The molecule has 1 aliphatic carbocycles. The van der Waals surface area contributed by atoms with Gasteiger partial charge in [0.05, 0.1) is 5.69 Å². The van der Waals surface area contributed by atoms with Crippen LogP contribution in [0, 0.1) is 11.7 Å². The topological polar surface area (TPSA) is 61.9 Å². The highest BCUT2D eigenvalue weighted by molar-refractivity contribution is 6.31. The van der Waals surface area contributed by atoms with Crippen LogP contribution < -0.4 is 10.1 Å². The summed E-state index contributed by atoms with van der Waals surface area (Å²) in [6.07, 6.45) is 3.92. The molecule has 35 heavy (non-hydrogen) atoms. The Labute approximate surface area is 211 Å². The van der Waals surface area contributed by atoms with Crippen molar-refractivity contribution in [3.05, 3.63) is 58.9 Å². The fourth-order valence-electron chi connectivity index (χ4n) is 4.96. The van der Waals surface area contributed by atoms with Crippen LogP contribution in [-0.4, -0.2) is 53.4 Å². The predicted molar refractivity (Wildman–Crippen MR) is 135 cm³/mol. The summed E-state index contributed by atoms with van der Waals surface area (Å²) in [5.41, 5.74) is 1.54. The number of hydrogen-bond donors (Lipinski definition) is 1. The van der Waals surface area contributed by atoms with Crippen LogP contribution in [0.15, 0.2) is 42.5 Å². The lowest BCUT2D eigenvalue weighted by atomic mass is 10.1. The molecule has 2 amide bonds. The zero-order valence-electron chi connectivity index (χ0n) is 20.3. The van der Waals surface area contributed by atoms with Crippen molar-refractivity contribution in [1.82, 2.24) is 9.80 Å². The van der Waals surface area contributed by atoms with E-state index in [-0.39, 0.29) is 42.2 Å². The van der Waals surface area contributed by atoms with Gasteiger partial charge < -0.3 is 15.0 Å². The normalized spacial score (nSPS) is 21.2. The summed E-state index contributed by atoms with van der Waals surface area (Å²) in [7, 11) is 0. The molecule has 2 aromatic rings. The van der Waals surface area contributed by atoms with E-state index in [9.17, 15) is 14.0 Å². The van der Waals surface area contributed by atoms with E-state index in [1.165, 1.54) is 12.1 Å². The molecule has 0 aromatic heterocycles. The first-order valence-electron chi connectivity index (χ1n) is 12.3. The van der Waals surface area contributed by atoms with E-state index in [2.05, 4.69) is 17.1 Å². The summed E-state index contributed by atoms with van der Waals surface area (Å²) < 4.78 is 19.1. The van der Waals surface area contributed by atoms with Crippen LogP contribution in [0.5, 0.6) is 5.75 Å². The van der Waals surface area contributed by atoms with E-state index in [1.54, 1.807) is 30.3 Å². The minimum absolute atomic E-state index is 0.00880. The van der Waals surface area contributed by atoms with E-state index in [4.69, 9.17) is 16.3 Å². The number of ether oxygens (including phenoxy) is 1. The molecule has 2 aliphatic rings. The molecule has 1 aliphatic heterocycles. The number of carbonyl (C=O) groups is 2. The van der Waals surface area contributed by atoms with Gasteiger partial charge >= 0.3 is 0 Å². The van der Waals surface area contributed by atoms with Crippen LogP contribution >= 0.6 is 11.6 Å². The number of nitrogens with zero attached hydrogens (tertiary/aromatic N) is 2. The van der Waals surface area contributed by atoms with Gasteiger partial charge in [0, 0.05) is 42.7 Å². The SMILES string of the molecule is CC1CN(C(=O)COc2ccc(Cl)cc2NC(=O)C2CCCC2)C(C)CN1Cc1ccc(F)cc1. The van der Waals surface area contributed by atoms with Crippen molar-refractivity contribution in [2.24, 2.45) is 5.92 Å². The summed E-state index contributed by atoms with van der Waals surface area (Å²) >= 11 is 6.15. The van der Waals surface area contributed by atoms with Crippen LogP contribution in [0.3, 0.4) is 0 Å².